The van der Waals surface area contributed by atoms with Crippen molar-refractivity contribution < 1.29 is 9.53 Å². The molecule has 3 aromatic rings. The summed E-state index contributed by atoms with van der Waals surface area (Å²) in [6, 6.07) is 11.2. The topological polar surface area (TPSA) is 69.9 Å². The van der Waals surface area contributed by atoms with Gasteiger partial charge < -0.3 is 4.74 Å². The molecule has 0 aliphatic heterocycles. The Labute approximate surface area is 162 Å². The zero-order valence-electron chi connectivity index (χ0n) is 15.3. The number of pyridine rings is 1. The molecule has 7 heteroatoms. The summed E-state index contributed by atoms with van der Waals surface area (Å²) in [7, 11) is 1.38. The number of carbonyl (C=O) groups excluding carboxylic acids is 1. The van der Waals surface area contributed by atoms with E-state index in [1.807, 2.05) is 41.8 Å². The van der Waals surface area contributed by atoms with E-state index >= 15 is 0 Å². The van der Waals surface area contributed by atoms with Crippen LogP contribution in [0.1, 0.15) is 22.8 Å². The fraction of sp³-hybridized carbons (Fsp3) is 0.200. The molecular formula is C20H20N4O2S. The molecule has 3 rings (SSSR count). The van der Waals surface area contributed by atoms with Crippen LogP contribution in [0.3, 0.4) is 0 Å². The number of carbonyl (C=O) groups is 1. The minimum absolute atomic E-state index is 0.340. The van der Waals surface area contributed by atoms with Crippen molar-refractivity contribution in [3.8, 4) is 11.4 Å². The van der Waals surface area contributed by atoms with Gasteiger partial charge in [-0.3, -0.25) is 9.55 Å². The summed E-state index contributed by atoms with van der Waals surface area (Å²) in [5, 5.41) is 9.52. The van der Waals surface area contributed by atoms with E-state index in [1.165, 1.54) is 7.11 Å². The summed E-state index contributed by atoms with van der Waals surface area (Å²) in [6.07, 6.45) is 3.47. The van der Waals surface area contributed by atoms with Crippen LogP contribution >= 0.6 is 11.8 Å². The maximum absolute atomic E-state index is 11.7. The van der Waals surface area contributed by atoms with E-state index in [2.05, 4.69) is 21.8 Å². The predicted octanol–water partition coefficient (Wildman–Crippen LogP) is 4.00. The van der Waals surface area contributed by atoms with Gasteiger partial charge in [0.25, 0.3) is 0 Å². The molecule has 138 valence electrons. The molecule has 0 N–H and O–H groups in total. The molecule has 0 atom stereocenters. The molecule has 27 heavy (non-hydrogen) atoms. The molecule has 0 radical (unpaired) electrons. The molecule has 1 aromatic carbocycles. The van der Waals surface area contributed by atoms with Crippen LogP contribution in [0.15, 0.2) is 66.1 Å². The van der Waals surface area contributed by atoms with Crippen molar-refractivity contribution in [3.05, 3.63) is 72.1 Å². The summed E-state index contributed by atoms with van der Waals surface area (Å²) >= 11 is 1.57. The van der Waals surface area contributed by atoms with E-state index in [1.54, 1.807) is 30.2 Å². The Morgan fingerprint density at radius 2 is 2.00 bits per heavy atom. The zero-order chi connectivity index (χ0) is 19.2. The van der Waals surface area contributed by atoms with Crippen LogP contribution in [-0.2, 0) is 17.0 Å². The van der Waals surface area contributed by atoms with Crippen molar-refractivity contribution in [2.24, 2.45) is 0 Å². The standard InChI is InChI=1S/C20H20N4O2S/c1-14(2)12-24-18(16-7-9-21-10-8-16)22-23-20(24)27-13-15-5-4-6-17(11-15)19(25)26-3/h4-11H,1,12-13H2,2-3H3. The number of esters is 1. The maximum atomic E-state index is 11.7. The van der Waals surface area contributed by atoms with Gasteiger partial charge in [-0.15, -0.1) is 10.2 Å². The molecule has 0 unspecified atom stereocenters. The van der Waals surface area contributed by atoms with E-state index in [4.69, 9.17) is 4.74 Å². The number of thioether (sulfide) groups is 1. The Morgan fingerprint density at radius 3 is 2.70 bits per heavy atom. The van der Waals surface area contributed by atoms with Crippen molar-refractivity contribution >= 4 is 17.7 Å². The highest BCUT2D eigenvalue weighted by molar-refractivity contribution is 7.98. The molecule has 0 amide bonds. The molecule has 0 spiro atoms. The van der Waals surface area contributed by atoms with Crippen LogP contribution in [0.2, 0.25) is 0 Å². The van der Waals surface area contributed by atoms with Gasteiger partial charge in [0, 0.05) is 30.3 Å². The second kappa shape index (κ2) is 8.64. The number of benzene rings is 1. The average Bonchev–Trinajstić information content (AvgIpc) is 3.08. The number of hydrogen-bond acceptors (Lipinski definition) is 6. The van der Waals surface area contributed by atoms with Crippen molar-refractivity contribution in [1.82, 2.24) is 19.7 Å². The number of ether oxygens (including phenoxy) is 1. The molecule has 6 nitrogen and oxygen atoms in total. The minimum atomic E-state index is -0.340. The number of rotatable bonds is 7. The second-order valence-electron chi connectivity index (χ2n) is 6.07. The van der Waals surface area contributed by atoms with Crippen molar-refractivity contribution in [2.75, 3.05) is 7.11 Å². The van der Waals surface area contributed by atoms with E-state index < -0.39 is 0 Å². The summed E-state index contributed by atoms with van der Waals surface area (Å²) in [6.45, 7) is 6.63. The van der Waals surface area contributed by atoms with Gasteiger partial charge in [0.15, 0.2) is 11.0 Å². The van der Waals surface area contributed by atoms with Gasteiger partial charge in [0.2, 0.25) is 0 Å². The number of hydrogen-bond donors (Lipinski definition) is 0. The van der Waals surface area contributed by atoms with Crippen LogP contribution in [0.4, 0.5) is 0 Å². The van der Waals surface area contributed by atoms with E-state index in [0.29, 0.717) is 17.9 Å². The van der Waals surface area contributed by atoms with E-state index in [-0.39, 0.29) is 5.97 Å². The summed E-state index contributed by atoms with van der Waals surface area (Å²) in [5.41, 5.74) is 3.52. The Balaban J connectivity index is 1.84. The molecule has 2 heterocycles. The van der Waals surface area contributed by atoms with Crippen molar-refractivity contribution in [2.45, 2.75) is 24.4 Å². The molecule has 0 aliphatic carbocycles. The third-order valence-electron chi connectivity index (χ3n) is 3.80. The molecule has 0 fully saturated rings. The first kappa shape index (κ1) is 18.8. The molecule has 2 aromatic heterocycles. The molecule has 0 aliphatic rings. The lowest BCUT2D eigenvalue weighted by molar-refractivity contribution is 0.0600. The Kier molecular flexibility index (Phi) is 6.03. The average molecular weight is 380 g/mol. The number of allylic oxidation sites excluding steroid dienone is 1. The number of nitrogens with zero attached hydrogens (tertiary/aromatic N) is 4. The maximum Gasteiger partial charge on any atom is 0.337 e. The third kappa shape index (κ3) is 4.62. The summed E-state index contributed by atoms with van der Waals surface area (Å²) in [4.78, 5) is 15.8. The third-order valence-corrected chi connectivity index (χ3v) is 4.84. The highest BCUT2D eigenvalue weighted by atomic mass is 32.2. The van der Waals surface area contributed by atoms with Gasteiger partial charge in [-0.05, 0) is 36.8 Å². The number of methoxy groups -OCH3 is 1. The molecule has 0 bridgehead atoms. The second-order valence-corrected chi connectivity index (χ2v) is 7.01. The van der Waals surface area contributed by atoms with Crippen LogP contribution in [0.25, 0.3) is 11.4 Å². The monoisotopic (exact) mass is 380 g/mol. The first-order chi connectivity index (χ1) is 13.1. The van der Waals surface area contributed by atoms with Gasteiger partial charge in [-0.1, -0.05) is 36.0 Å². The van der Waals surface area contributed by atoms with Gasteiger partial charge >= 0.3 is 5.97 Å². The lowest BCUT2D eigenvalue weighted by Gasteiger charge is -2.10. The summed E-state index contributed by atoms with van der Waals surface area (Å²) in [5.74, 6) is 1.11. The Bertz CT molecular complexity index is 954. The Hall–Kier alpha value is -2.93. The molecular weight excluding hydrogens is 360 g/mol. The minimum Gasteiger partial charge on any atom is -0.465 e. The molecule has 0 saturated carbocycles. The Morgan fingerprint density at radius 1 is 1.22 bits per heavy atom. The van der Waals surface area contributed by atoms with Crippen LogP contribution in [0.5, 0.6) is 0 Å². The number of aromatic nitrogens is 4. The van der Waals surface area contributed by atoms with Gasteiger partial charge in [-0.2, -0.15) is 0 Å². The predicted molar refractivity (Wildman–Crippen MR) is 105 cm³/mol. The van der Waals surface area contributed by atoms with Crippen LogP contribution in [0, 0.1) is 0 Å². The van der Waals surface area contributed by atoms with E-state index in [0.717, 1.165) is 27.7 Å². The fourth-order valence-electron chi connectivity index (χ4n) is 2.58. The largest absolute Gasteiger partial charge is 0.465 e. The van der Waals surface area contributed by atoms with Gasteiger partial charge in [0.1, 0.15) is 0 Å². The molecule has 0 saturated heterocycles. The quantitative estimate of drug-likeness (QED) is 0.351. The van der Waals surface area contributed by atoms with Crippen molar-refractivity contribution in [3.63, 3.8) is 0 Å². The van der Waals surface area contributed by atoms with Crippen LogP contribution < -0.4 is 0 Å². The SMILES string of the molecule is C=C(C)Cn1c(SCc2cccc(C(=O)OC)c2)nnc1-c1ccncc1. The van der Waals surface area contributed by atoms with E-state index in [9.17, 15) is 4.79 Å². The fourth-order valence-corrected chi connectivity index (χ4v) is 3.46. The zero-order valence-corrected chi connectivity index (χ0v) is 16.1. The van der Waals surface area contributed by atoms with Crippen LogP contribution in [-0.4, -0.2) is 32.8 Å². The first-order valence-electron chi connectivity index (χ1n) is 8.36. The lowest BCUT2D eigenvalue weighted by atomic mass is 10.1. The first-order valence-corrected chi connectivity index (χ1v) is 9.35. The smallest absolute Gasteiger partial charge is 0.337 e. The normalized spacial score (nSPS) is 10.6. The lowest BCUT2D eigenvalue weighted by Crippen LogP contribution is -2.04. The summed E-state index contributed by atoms with van der Waals surface area (Å²) < 4.78 is 6.83. The van der Waals surface area contributed by atoms with Crippen molar-refractivity contribution in [1.29, 1.82) is 0 Å². The highest BCUT2D eigenvalue weighted by Gasteiger charge is 2.15. The highest BCUT2D eigenvalue weighted by Crippen LogP contribution is 2.27. The van der Waals surface area contributed by atoms with Gasteiger partial charge in [0.05, 0.1) is 12.7 Å². The van der Waals surface area contributed by atoms with Gasteiger partial charge in [-0.25, -0.2) is 4.79 Å².